The normalized spacial score (nSPS) is 12.4. The summed E-state index contributed by atoms with van der Waals surface area (Å²) >= 11 is 0. The van der Waals surface area contributed by atoms with Crippen LogP contribution in [0.15, 0.2) is 29.2 Å². The van der Waals surface area contributed by atoms with E-state index < -0.39 is 10.0 Å². The van der Waals surface area contributed by atoms with Crippen LogP contribution >= 0.6 is 0 Å². The molecule has 0 bridgehead atoms. The lowest BCUT2D eigenvalue weighted by atomic mass is 10.2. The van der Waals surface area contributed by atoms with Crippen molar-refractivity contribution in [1.82, 2.24) is 4.72 Å². The van der Waals surface area contributed by atoms with Gasteiger partial charge in [-0.25, -0.2) is 13.1 Å². The maximum Gasteiger partial charge on any atom is 0.240 e. The summed E-state index contributed by atoms with van der Waals surface area (Å²) in [5, 5.41) is 2.57. The van der Waals surface area contributed by atoms with E-state index in [9.17, 15) is 13.2 Å². The van der Waals surface area contributed by atoms with Gasteiger partial charge in [-0.3, -0.25) is 4.79 Å². The van der Waals surface area contributed by atoms with Gasteiger partial charge < -0.3 is 5.32 Å². The van der Waals surface area contributed by atoms with E-state index in [1.807, 2.05) is 6.92 Å². The van der Waals surface area contributed by atoms with Gasteiger partial charge in [-0.2, -0.15) is 0 Å². The molecule has 1 rings (SSSR count). The highest BCUT2D eigenvalue weighted by Gasteiger charge is 2.18. The number of benzene rings is 1. The first kappa shape index (κ1) is 16.2. The van der Waals surface area contributed by atoms with Gasteiger partial charge in [-0.15, -0.1) is 12.3 Å². The smallest absolute Gasteiger partial charge is 0.240 e. The zero-order valence-corrected chi connectivity index (χ0v) is 12.3. The number of terminal acetylenes is 1. The molecule has 0 aliphatic heterocycles. The number of carbonyl (C=O) groups excluding carboxylic acids is 1. The zero-order valence-electron chi connectivity index (χ0n) is 11.5. The van der Waals surface area contributed by atoms with Crippen LogP contribution in [0.25, 0.3) is 0 Å². The molecule has 1 aromatic rings. The number of amides is 1. The fourth-order valence-electron chi connectivity index (χ4n) is 1.62. The third kappa shape index (κ3) is 4.68. The van der Waals surface area contributed by atoms with Crippen LogP contribution in [-0.4, -0.2) is 20.4 Å². The van der Waals surface area contributed by atoms with Gasteiger partial charge in [-0.1, -0.05) is 6.92 Å². The molecule has 0 saturated carbocycles. The fourth-order valence-corrected chi connectivity index (χ4v) is 2.94. The number of rotatable bonds is 6. The quantitative estimate of drug-likeness (QED) is 0.785. The van der Waals surface area contributed by atoms with Gasteiger partial charge in [0.1, 0.15) is 0 Å². The monoisotopic (exact) mass is 294 g/mol. The second kappa shape index (κ2) is 7.08. The van der Waals surface area contributed by atoms with Gasteiger partial charge in [0.15, 0.2) is 0 Å². The van der Waals surface area contributed by atoms with Crippen molar-refractivity contribution in [3.05, 3.63) is 24.3 Å². The average Bonchev–Trinajstić information content (AvgIpc) is 2.38. The maximum atomic E-state index is 12.1. The molecule has 0 saturated heterocycles. The van der Waals surface area contributed by atoms with E-state index in [1.165, 1.54) is 31.2 Å². The minimum Gasteiger partial charge on any atom is -0.326 e. The molecule has 5 nitrogen and oxygen atoms in total. The third-order valence-electron chi connectivity index (χ3n) is 2.66. The standard InChI is InChI=1S/C14H18N2O3S/c1-4-6-12(5-2)16-20(18,19)14-9-7-13(8-10-14)15-11(3)17/h1,7-10,12,16H,5-6H2,2-3H3,(H,15,17). The Bertz CT molecular complexity index is 600. The van der Waals surface area contributed by atoms with Gasteiger partial charge in [-0.05, 0) is 30.7 Å². The van der Waals surface area contributed by atoms with E-state index in [1.54, 1.807) is 0 Å². The van der Waals surface area contributed by atoms with Crippen molar-refractivity contribution in [3.8, 4) is 12.3 Å². The number of nitrogens with one attached hydrogen (secondary N) is 2. The van der Waals surface area contributed by atoms with Crippen molar-refractivity contribution >= 4 is 21.6 Å². The van der Waals surface area contributed by atoms with E-state index in [4.69, 9.17) is 6.42 Å². The van der Waals surface area contributed by atoms with Crippen molar-refractivity contribution < 1.29 is 13.2 Å². The summed E-state index contributed by atoms with van der Waals surface area (Å²) < 4.78 is 26.8. The number of sulfonamides is 1. The van der Waals surface area contributed by atoms with E-state index in [-0.39, 0.29) is 16.8 Å². The largest absolute Gasteiger partial charge is 0.326 e. The zero-order chi connectivity index (χ0) is 15.2. The molecule has 0 aromatic heterocycles. The lowest BCUT2D eigenvalue weighted by Crippen LogP contribution is -2.34. The lowest BCUT2D eigenvalue weighted by Gasteiger charge is -2.14. The van der Waals surface area contributed by atoms with Crippen LogP contribution in [0.5, 0.6) is 0 Å². The number of hydrogen-bond donors (Lipinski definition) is 2. The van der Waals surface area contributed by atoms with Crippen LogP contribution in [0.2, 0.25) is 0 Å². The van der Waals surface area contributed by atoms with Crippen molar-refractivity contribution in [3.63, 3.8) is 0 Å². The molecule has 1 unspecified atom stereocenters. The van der Waals surface area contributed by atoms with Crippen LogP contribution in [0.3, 0.4) is 0 Å². The Balaban J connectivity index is 2.87. The second-order valence-corrected chi connectivity index (χ2v) is 6.05. The summed E-state index contributed by atoms with van der Waals surface area (Å²) in [6.07, 6.45) is 6.17. The summed E-state index contributed by atoms with van der Waals surface area (Å²) in [6.45, 7) is 3.25. The Morgan fingerprint density at radius 1 is 1.35 bits per heavy atom. The summed E-state index contributed by atoms with van der Waals surface area (Å²) in [5.74, 6) is 2.24. The van der Waals surface area contributed by atoms with Crippen molar-refractivity contribution in [2.75, 3.05) is 5.32 Å². The van der Waals surface area contributed by atoms with Crippen molar-refractivity contribution in [2.45, 2.75) is 37.6 Å². The predicted molar refractivity (Wildman–Crippen MR) is 78.6 cm³/mol. The number of anilines is 1. The molecule has 0 fully saturated rings. The minimum absolute atomic E-state index is 0.141. The molecule has 1 aromatic carbocycles. The maximum absolute atomic E-state index is 12.1. The Labute approximate surface area is 119 Å². The first-order valence-corrected chi connectivity index (χ1v) is 7.70. The molecule has 108 valence electrons. The van der Waals surface area contributed by atoms with Gasteiger partial charge >= 0.3 is 0 Å². The third-order valence-corrected chi connectivity index (χ3v) is 4.20. The van der Waals surface area contributed by atoms with Gasteiger partial charge in [0.25, 0.3) is 0 Å². The molecule has 6 heteroatoms. The van der Waals surface area contributed by atoms with Crippen molar-refractivity contribution in [2.24, 2.45) is 0 Å². The Hall–Kier alpha value is -1.84. The Kier molecular flexibility index (Phi) is 5.74. The van der Waals surface area contributed by atoms with E-state index in [0.717, 1.165) is 0 Å². The van der Waals surface area contributed by atoms with Crippen LogP contribution in [0.4, 0.5) is 5.69 Å². The first-order valence-electron chi connectivity index (χ1n) is 6.22. The molecule has 0 heterocycles. The fraction of sp³-hybridized carbons (Fsp3) is 0.357. The van der Waals surface area contributed by atoms with Crippen LogP contribution in [0.1, 0.15) is 26.7 Å². The van der Waals surface area contributed by atoms with Crippen molar-refractivity contribution in [1.29, 1.82) is 0 Å². The molecule has 1 amide bonds. The molecule has 0 aliphatic carbocycles. The molecule has 0 aliphatic rings. The summed E-state index contributed by atoms with van der Waals surface area (Å²) in [4.78, 5) is 11.0. The van der Waals surface area contributed by atoms with E-state index >= 15 is 0 Å². The molecule has 20 heavy (non-hydrogen) atoms. The van der Waals surface area contributed by atoms with Crippen LogP contribution in [-0.2, 0) is 14.8 Å². The first-order chi connectivity index (χ1) is 9.39. The molecular weight excluding hydrogens is 276 g/mol. The Morgan fingerprint density at radius 3 is 2.40 bits per heavy atom. The lowest BCUT2D eigenvalue weighted by molar-refractivity contribution is -0.114. The SMILES string of the molecule is C#CCC(CC)NS(=O)(=O)c1ccc(NC(C)=O)cc1. The minimum atomic E-state index is -3.60. The van der Waals surface area contributed by atoms with Crippen LogP contribution in [0, 0.1) is 12.3 Å². The van der Waals surface area contributed by atoms with Gasteiger partial charge in [0.2, 0.25) is 15.9 Å². The molecule has 0 radical (unpaired) electrons. The molecule has 1 atom stereocenters. The highest BCUT2D eigenvalue weighted by Crippen LogP contribution is 2.15. The predicted octanol–water partition coefficient (Wildman–Crippen LogP) is 1.73. The molecule has 2 N–H and O–H groups in total. The highest BCUT2D eigenvalue weighted by molar-refractivity contribution is 7.89. The molecule has 0 spiro atoms. The second-order valence-electron chi connectivity index (χ2n) is 4.34. The van der Waals surface area contributed by atoms with Gasteiger partial charge in [0, 0.05) is 25.1 Å². The Morgan fingerprint density at radius 2 is 1.95 bits per heavy atom. The van der Waals surface area contributed by atoms with Gasteiger partial charge in [0.05, 0.1) is 4.90 Å². The summed E-state index contributed by atoms with van der Waals surface area (Å²) in [6, 6.07) is 5.68. The molecular formula is C14H18N2O3S. The summed E-state index contributed by atoms with van der Waals surface area (Å²) in [7, 11) is -3.60. The highest BCUT2D eigenvalue weighted by atomic mass is 32.2. The number of carbonyl (C=O) groups is 1. The van der Waals surface area contributed by atoms with E-state index in [0.29, 0.717) is 18.5 Å². The topological polar surface area (TPSA) is 75.3 Å². The summed E-state index contributed by atoms with van der Waals surface area (Å²) in [5.41, 5.74) is 0.548. The van der Waals surface area contributed by atoms with Crippen LogP contribution < -0.4 is 10.0 Å². The number of hydrogen-bond acceptors (Lipinski definition) is 3. The van der Waals surface area contributed by atoms with E-state index in [2.05, 4.69) is 16.0 Å². The average molecular weight is 294 g/mol.